The number of rotatable bonds is 4. The fourth-order valence-electron chi connectivity index (χ4n) is 1.51. The predicted molar refractivity (Wildman–Crippen MR) is 71.8 cm³/mol. The van der Waals surface area contributed by atoms with Crippen molar-refractivity contribution in [3.05, 3.63) is 29.6 Å². The van der Waals surface area contributed by atoms with Crippen LogP contribution in [0, 0.1) is 11.8 Å². The number of aliphatic hydroxyl groups is 1. The summed E-state index contributed by atoms with van der Waals surface area (Å²) in [6.07, 6.45) is 1.48. The lowest BCUT2D eigenvalue weighted by molar-refractivity contribution is -0.141. The molecule has 6 heteroatoms. The third-order valence-electron chi connectivity index (χ3n) is 2.53. The van der Waals surface area contributed by atoms with Crippen molar-refractivity contribution in [2.45, 2.75) is 6.92 Å². The van der Waals surface area contributed by atoms with Crippen LogP contribution < -0.4 is 0 Å². The lowest BCUT2D eigenvalue weighted by Gasteiger charge is -2.19. The molecule has 0 aliphatic carbocycles. The molecule has 0 atom stereocenters. The molecule has 1 rings (SSSR count). The number of carbonyl (C=O) groups excluding carboxylic acids is 2. The first kappa shape index (κ1) is 15.7. The Morgan fingerprint density at radius 2 is 2.25 bits per heavy atom. The van der Waals surface area contributed by atoms with Crippen LogP contribution >= 0.6 is 0 Å². The summed E-state index contributed by atoms with van der Waals surface area (Å²) < 4.78 is 4.55. The minimum Gasteiger partial charge on any atom is -0.468 e. The van der Waals surface area contributed by atoms with Gasteiger partial charge in [0.05, 0.1) is 12.7 Å². The zero-order valence-corrected chi connectivity index (χ0v) is 11.4. The van der Waals surface area contributed by atoms with Gasteiger partial charge in [-0.3, -0.25) is 9.59 Å². The highest BCUT2D eigenvalue weighted by atomic mass is 16.5. The zero-order chi connectivity index (χ0) is 15.0. The minimum absolute atomic E-state index is 0.144. The Balaban J connectivity index is 3.03. The third-order valence-corrected chi connectivity index (χ3v) is 2.53. The van der Waals surface area contributed by atoms with Gasteiger partial charge in [-0.05, 0) is 19.1 Å². The van der Waals surface area contributed by atoms with Gasteiger partial charge in [0.1, 0.15) is 18.8 Å². The summed E-state index contributed by atoms with van der Waals surface area (Å²) >= 11 is 0. The first-order valence-corrected chi connectivity index (χ1v) is 6.04. The number of hydrogen-bond acceptors (Lipinski definition) is 5. The molecule has 0 bridgehead atoms. The van der Waals surface area contributed by atoms with E-state index in [1.165, 1.54) is 18.2 Å². The quantitative estimate of drug-likeness (QED) is 0.621. The second-order valence-electron chi connectivity index (χ2n) is 3.75. The number of nitrogens with zero attached hydrogens (tertiary/aromatic N) is 2. The van der Waals surface area contributed by atoms with Gasteiger partial charge in [-0.2, -0.15) is 0 Å². The Morgan fingerprint density at radius 3 is 2.85 bits per heavy atom. The van der Waals surface area contributed by atoms with Crippen LogP contribution in [-0.2, 0) is 9.53 Å². The number of likely N-dealkylation sites (N-methyl/N-ethyl adjacent to an activating group) is 1. The molecule has 0 aliphatic heterocycles. The largest absolute Gasteiger partial charge is 0.468 e. The van der Waals surface area contributed by atoms with E-state index >= 15 is 0 Å². The number of aliphatic hydroxyl groups excluding tert-OH is 1. The average molecular weight is 276 g/mol. The third kappa shape index (κ3) is 4.07. The summed E-state index contributed by atoms with van der Waals surface area (Å²) in [5, 5.41) is 8.71. The van der Waals surface area contributed by atoms with E-state index in [0.717, 1.165) is 0 Å². The van der Waals surface area contributed by atoms with E-state index in [9.17, 15) is 9.59 Å². The van der Waals surface area contributed by atoms with E-state index in [0.29, 0.717) is 12.1 Å². The van der Waals surface area contributed by atoms with Gasteiger partial charge in [-0.25, -0.2) is 4.98 Å². The highest BCUT2D eigenvalue weighted by molar-refractivity contribution is 5.96. The van der Waals surface area contributed by atoms with Gasteiger partial charge < -0.3 is 14.7 Å². The van der Waals surface area contributed by atoms with E-state index in [4.69, 9.17) is 5.11 Å². The fraction of sp³-hybridized carbons (Fsp3) is 0.357. The molecule has 0 saturated carbocycles. The van der Waals surface area contributed by atoms with Crippen LogP contribution in [0.2, 0.25) is 0 Å². The zero-order valence-electron chi connectivity index (χ0n) is 11.4. The van der Waals surface area contributed by atoms with Crippen molar-refractivity contribution in [1.29, 1.82) is 0 Å². The van der Waals surface area contributed by atoms with Gasteiger partial charge >= 0.3 is 5.97 Å². The molecule has 0 fully saturated rings. The number of carbonyl (C=O) groups is 2. The number of amides is 1. The van der Waals surface area contributed by atoms with Crippen molar-refractivity contribution < 1.29 is 19.4 Å². The summed E-state index contributed by atoms with van der Waals surface area (Å²) in [7, 11) is 1.26. The molecule has 0 spiro atoms. The number of aromatic nitrogens is 1. The van der Waals surface area contributed by atoms with Crippen LogP contribution in [0.1, 0.15) is 23.0 Å². The van der Waals surface area contributed by atoms with Gasteiger partial charge in [-0.15, -0.1) is 0 Å². The smallest absolute Gasteiger partial charge is 0.325 e. The van der Waals surface area contributed by atoms with Gasteiger partial charge in [-0.1, -0.05) is 11.8 Å². The Bertz CT molecular complexity index is 546. The number of ether oxygens (including phenoxy) is 1. The van der Waals surface area contributed by atoms with Crippen molar-refractivity contribution in [3.8, 4) is 11.8 Å². The minimum atomic E-state index is -0.501. The monoisotopic (exact) mass is 276 g/mol. The standard InChI is InChI=1S/C14H16N2O4/c1-3-16(10-12(18)20-2)14(19)13-11(7-5-9-17)6-4-8-15-13/h4,6,8,17H,3,9-10H2,1-2H3. The maximum atomic E-state index is 12.3. The fourth-order valence-corrected chi connectivity index (χ4v) is 1.51. The molecule has 0 unspecified atom stereocenters. The van der Waals surface area contributed by atoms with Crippen molar-refractivity contribution in [2.75, 3.05) is 26.8 Å². The SMILES string of the molecule is CCN(CC(=O)OC)C(=O)c1ncccc1C#CCO. The van der Waals surface area contributed by atoms with Crippen molar-refractivity contribution in [1.82, 2.24) is 9.88 Å². The van der Waals surface area contributed by atoms with Crippen molar-refractivity contribution >= 4 is 11.9 Å². The summed E-state index contributed by atoms with van der Waals surface area (Å²) in [5.41, 5.74) is 0.564. The van der Waals surface area contributed by atoms with E-state index in [1.54, 1.807) is 19.1 Å². The van der Waals surface area contributed by atoms with Crippen LogP contribution in [0.15, 0.2) is 18.3 Å². The van der Waals surface area contributed by atoms with Gasteiger partial charge in [0.25, 0.3) is 5.91 Å². The van der Waals surface area contributed by atoms with E-state index < -0.39 is 11.9 Å². The molecule has 0 aliphatic rings. The molecule has 0 aromatic carbocycles. The molecule has 6 nitrogen and oxygen atoms in total. The first-order chi connectivity index (χ1) is 9.63. The first-order valence-electron chi connectivity index (χ1n) is 6.04. The number of pyridine rings is 1. The van der Waals surface area contributed by atoms with E-state index in [-0.39, 0.29) is 18.8 Å². The van der Waals surface area contributed by atoms with E-state index in [1.807, 2.05) is 0 Å². The molecular weight excluding hydrogens is 260 g/mol. The topological polar surface area (TPSA) is 79.7 Å². The number of methoxy groups -OCH3 is 1. The molecule has 1 N–H and O–H groups in total. The van der Waals surface area contributed by atoms with Gasteiger partial charge in [0, 0.05) is 12.7 Å². The second kappa shape index (κ2) is 7.92. The molecule has 20 heavy (non-hydrogen) atoms. The normalized spacial score (nSPS) is 9.35. The van der Waals surface area contributed by atoms with Gasteiger partial charge in [0.2, 0.25) is 0 Å². The van der Waals surface area contributed by atoms with Crippen LogP contribution in [-0.4, -0.2) is 53.7 Å². The number of hydrogen-bond donors (Lipinski definition) is 1. The summed E-state index contributed by atoms with van der Waals surface area (Å²) in [5.74, 6) is 4.23. The molecule has 1 aromatic heterocycles. The summed E-state index contributed by atoms with van der Waals surface area (Å²) in [6, 6.07) is 3.28. The predicted octanol–water partition coefficient (Wildman–Crippen LogP) is 0.0605. The average Bonchev–Trinajstić information content (AvgIpc) is 2.49. The van der Waals surface area contributed by atoms with Crippen molar-refractivity contribution in [3.63, 3.8) is 0 Å². The van der Waals surface area contributed by atoms with Crippen LogP contribution in [0.25, 0.3) is 0 Å². The number of esters is 1. The molecule has 0 saturated heterocycles. The maximum absolute atomic E-state index is 12.3. The lowest BCUT2D eigenvalue weighted by Crippen LogP contribution is -2.36. The molecule has 1 aromatic rings. The maximum Gasteiger partial charge on any atom is 0.325 e. The molecule has 0 radical (unpaired) electrons. The Labute approximate surface area is 117 Å². The molecule has 1 amide bonds. The molecular formula is C14H16N2O4. The van der Waals surface area contributed by atoms with Gasteiger partial charge in [0.15, 0.2) is 0 Å². The Morgan fingerprint density at radius 1 is 1.50 bits per heavy atom. The molecule has 106 valence electrons. The lowest BCUT2D eigenvalue weighted by atomic mass is 10.1. The van der Waals surface area contributed by atoms with Crippen LogP contribution in [0.5, 0.6) is 0 Å². The van der Waals surface area contributed by atoms with E-state index in [2.05, 4.69) is 21.6 Å². The van der Waals surface area contributed by atoms with Crippen molar-refractivity contribution in [2.24, 2.45) is 0 Å². The van der Waals surface area contributed by atoms with Crippen LogP contribution in [0.4, 0.5) is 0 Å². The molecule has 1 heterocycles. The Hall–Kier alpha value is -2.39. The Kier molecular flexibility index (Phi) is 6.20. The second-order valence-corrected chi connectivity index (χ2v) is 3.75. The van der Waals surface area contributed by atoms with Crippen LogP contribution in [0.3, 0.4) is 0 Å². The highest BCUT2D eigenvalue weighted by Gasteiger charge is 2.20. The highest BCUT2D eigenvalue weighted by Crippen LogP contribution is 2.08. The summed E-state index contributed by atoms with van der Waals surface area (Å²) in [4.78, 5) is 28.9. The summed E-state index contributed by atoms with van der Waals surface area (Å²) in [6.45, 7) is 1.65.